The third kappa shape index (κ3) is 3.61. The minimum atomic E-state index is -0.370. The zero-order chi connectivity index (χ0) is 22.5. The number of nitrogens with zero attached hydrogens (tertiary/aromatic N) is 7. The summed E-state index contributed by atoms with van der Waals surface area (Å²) in [6.07, 6.45) is 0. The predicted octanol–water partition coefficient (Wildman–Crippen LogP) is 2.67. The highest BCUT2D eigenvalue weighted by Gasteiger charge is 2.26. The topological polar surface area (TPSA) is 90.4 Å². The van der Waals surface area contributed by atoms with Gasteiger partial charge in [-0.2, -0.15) is 0 Å². The molecule has 1 saturated heterocycles. The summed E-state index contributed by atoms with van der Waals surface area (Å²) < 4.78 is 8.72. The molecule has 0 unspecified atom stereocenters. The largest absolute Gasteiger partial charge is 0.378 e. The fourth-order valence-corrected chi connectivity index (χ4v) is 4.06. The number of ether oxygens (including phenoxy) is 1. The van der Waals surface area contributed by atoms with Crippen molar-refractivity contribution in [2.24, 2.45) is 0 Å². The molecule has 0 N–H and O–H groups in total. The van der Waals surface area contributed by atoms with E-state index in [9.17, 15) is 4.79 Å². The quantitative estimate of drug-likeness (QED) is 0.471. The minimum Gasteiger partial charge on any atom is -0.378 e. The molecular formula is C22H24ClN7O2. The SMILES string of the molecule is CC(C)(C)c1nnc2c3nnc(N4CCOCC4)cc3n(Cc3ccc(Cl)cc3)c(=O)n12. The Bertz CT molecular complexity index is 1350. The molecule has 0 aliphatic carbocycles. The first-order chi connectivity index (χ1) is 15.3. The van der Waals surface area contributed by atoms with Crippen LogP contribution in [0.2, 0.25) is 5.02 Å². The molecule has 0 bridgehead atoms. The van der Waals surface area contributed by atoms with E-state index in [0.717, 1.165) is 18.7 Å². The van der Waals surface area contributed by atoms with Crippen molar-refractivity contribution in [3.05, 3.63) is 57.2 Å². The summed E-state index contributed by atoms with van der Waals surface area (Å²) in [6.45, 7) is 9.09. The van der Waals surface area contributed by atoms with E-state index in [4.69, 9.17) is 16.3 Å². The molecule has 9 nitrogen and oxygen atoms in total. The predicted molar refractivity (Wildman–Crippen MR) is 123 cm³/mol. The molecule has 1 aliphatic rings. The van der Waals surface area contributed by atoms with Crippen LogP contribution in [0.3, 0.4) is 0 Å². The maximum Gasteiger partial charge on any atom is 0.336 e. The summed E-state index contributed by atoms with van der Waals surface area (Å²) in [5.74, 6) is 1.30. The Morgan fingerprint density at radius 1 is 1.03 bits per heavy atom. The molecule has 32 heavy (non-hydrogen) atoms. The summed E-state index contributed by atoms with van der Waals surface area (Å²) in [5, 5.41) is 18.3. The second-order valence-electron chi connectivity index (χ2n) is 8.96. The smallest absolute Gasteiger partial charge is 0.336 e. The van der Waals surface area contributed by atoms with Crippen LogP contribution in [-0.2, 0) is 16.7 Å². The van der Waals surface area contributed by atoms with Gasteiger partial charge < -0.3 is 9.64 Å². The number of hydrogen-bond donors (Lipinski definition) is 0. The first-order valence-electron chi connectivity index (χ1n) is 10.6. The summed E-state index contributed by atoms with van der Waals surface area (Å²) >= 11 is 6.06. The van der Waals surface area contributed by atoms with Gasteiger partial charge in [0.25, 0.3) is 0 Å². The second-order valence-corrected chi connectivity index (χ2v) is 9.40. The van der Waals surface area contributed by atoms with Crippen molar-refractivity contribution in [3.63, 3.8) is 0 Å². The molecule has 4 aromatic rings. The number of halogens is 1. The second kappa shape index (κ2) is 7.83. The monoisotopic (exact) mass is 453 g/mol. The Morgan fingerprint density at radius 2 is 1.75 bits per heavy atom. The summed E-state index contributed by atoms with van der Waals surface area (Å²) in [4.78, 5) is 15.9. The van der Waals surface area contributed by atoms with Crippen LogP contribution in [0.4, 0.5) is 5.82 Å². The van der Waals surface area contributed by atoms with Crippen molar-refractivity contribution < 1.29 is 4.74 Å². The Kier molecular flexibility index (Phi) is 5.10. The van der Waals surface area contributed by atoms with Crippen LogP contribution in [0.5, 0.6) is 0 Å². The number of hydrogen-bond acceptors (Lipinski definition) is 7. The molecule has 0 atom stereocenters. The molecule has 0 spiro atoms. The van der Waals surface area contributed by atoms with E-state index in [1.807, 2.05) is 51.1 Å². The molecule has 3 aromatic heterocycles. The van der Waals surface area contributed by atoms with Gasteiger partial charge in [-0.15, -0.1) is 20.4 Å². The van der Waals surface area contributed by atoms with Crippen LogP contribution in [0.25, 0.3) is 16.7 Å². The summed E-state index contributed by atoms with van der Waals surface area (Å²) in [5.41, 5.74) is 2.00. The van der Waals surface area contributed by atoms with Gasteiger partial charge in [-0.25, -0.2) is 9.20 Å². The lowest BCUT2D eigenvalue weighted by Gasteiger charge is -2.27. The Balaban J connectivity index is 1.77. The number of anilines is 1. The lowest BCUT2D eigenvalue weighted by molar-refractivity contribution is 0.122. The van der Waals surface area contributed by atoms with Crippen LogP contribution in [0, 0.1) is 0 Å². The number of rotatable bonds is 3. The van der Waals surface area contributed by atoms with Gasteiger partial charge in [0, 0.05) is 29.6 Å². The Hall–Kier alpha value is -3.04. The highest BCUT2D eigenvalue weighted by Crippen LogP contribution is 2.25. The normalized spacial score (nSPS) is 15.1. The molecule has 1 aromatic carbocycles. The van der Waals surface area contributed by atoms with Gasteiger partial charge in [0.2, 0.25) is 0 Å². The van der Waals surface area contributed by atoms with Gasteiger partial charge in [-0.1, -0.05) is 44.5 Å². The molecule has 0 saturated carbocycles. The third-order valence-electron chi connectivity index (χ3n) is 5.61. The average Bonchev–Trinajstić information content (AvgIpc) is 3.24. The van der Waals surface area contributed by atoms with E-state index in [-0.39, 0.29) is 11.1 Å². The Morgan fingerprint density at radius 3 is 2.44 bits per heavy atom. The van der Waals surface area contributed by atoms with E-state index in [2.05, 4.69) is 25.3 Å². The van der Waals surface area contributed by atoms with Gasteiger partial charge in [0.05, 0.1) is 25.3 Å². The molecule has 1 fully saturated rings. The van der Waals surface area contributed by atoms with Crippen LogP contribution < -0.4 is 10.6 Å². The molecule has 0 amide bonds. The molecule has 4 heterocycles. The van der Waals surface area contributed by atoms with E-state index in [1.54, 1.807) is 8.97 Å². The molecule has 10 heteroatoms. The fourth-order valence-electron chi connectivity index (χ4n) is 3.94. The highest BCUT2D eigenvalue weighted by molar-refractivity contribution is 6.30. The minimum absolute atomic E-state index is 0.210. The standard InChI is InChI=1S/C22H24ClN7O2/c1-22(2,3)20-27-26-19-18-16(12-17(24-25-18)28-8-10-32-11-9-28)29(21(31)30(19)20)13-14-4-6-15(23)7-5-14/h4-7,12H,8-11,13H2,1-3H3. The van der Waals surface area contributed by atoms with E-state index < -0.39 is 0 Å². The van der Waals surface area contributed by atoms with Crippen molar-refractivity contribution in [3.8, 4) is 0 Å². The number of morpholine rings is 1. The van der Waals surface area contributed by atoms with Gasteiger partial charge in [-0.3, -0.25) is 4.57 Å². The number of aromatic nitrogens is 6. The fraction of sp³-hybridized carbons (Fsp3) is 0.409. The molecule has 1 aliphatic heterocycles. The third-order valence-corrected chi connectivity index (χ3v) is 5.86. The molecule has 166 valence electrons. The van der Waals surface area contributed by atoms with Crippen molar-refractivity contribution in [1.29, 1.82) is 0 Å². The summed E-state index contributed by atoms with van der Waals surface area (Å²) in [7, 11) is 0. The molecular weight excluding hydrogens is 430 g/mol. The summed E-state index contributed by atoms with van der Waals surface area (Å²) in [6, 6.07) is 9.39. The van der Waals surface area contributed by atoms with Gasteiger partial charge in [0.15, 0.2) is 17.0 Å². The molecule has 0 radical (unpaired) electrons. The van der Waals surface area contributed by atoms with E-state index in [1.165, 1.54) is 0 Å². The van der Waals surface area contributed by atoms with Crippen LogP contribution in [-0.4, -0.2) is 55.7 Å². The van der Waals surface area contributed by atoms with Crippen LogP contribution >= 0.6 is 11.6 Å². The maximum absolute atomic E-state index is 13.8. The maximum atomic E-state index is 13.8. The first-order valence-corrected chi connectivity index (χ1v) is 10.9. The van der Waals surface area contributed by atoms with Crippen molar-refractivity contribution in [1.82, 2.24) is 29.4 Å². The van der Waals surface area contributed by atoms with E-state index in [0.29, 0.717) is 53.1 Å². The number of fused-ring (bicyclic) bond motifs is 3. The first kappa shape index (κ1) is 20.8. The lowest BCUT2D eigenvalue weighted by Crippen LogP contribution is -2.37. The average molecular weight is 454 g/mol. The lowest BCUT2D eigenvalue weighted by atomic mass is 9.96. The zero-order valence-electron chi connectivity index (χ0n) is 18.2. The van der Waals surface area contributed by atoms with Crippen LogP contribution in [0.1, 0.15) is 32.2 Å². The highest BCUT2D eigenvalue weighted by atomic mass is 35.5. The zero-order valence-corrected chi connectivity index (χ0v) is 19.0. The van der Waals surface area contributed by atoms with Crippen molar-refractivity contribution in [2.75, 3.05) is 31.2 Å². The van der Waals surface area contributed by atoms with Crippen molar-refractivity contribution >= 4 is 34.1 Å². The van der Waals surface area contributed by atoms with E-state index >= 15 is 0 Å². The van der Waals surface area contributed by atoms with Crippen LogP contribution in [0.15, 0.2) is 35.1 Å². The van der Waals surface area contributed by atoms with Gasteiger partial charge in [-0.05, 0) is 17.7 Å². The van der Waals surface area contributed by atoms with Gasteiger partial charge >= 0.3 is 5.69 Å². The van der Waals surface area contributed by atoms with Gasteiger partial charge in [0.1, 0.15) is 5.82 Å². The van der Waals surface area contributed by atoms with Crippen molar-refractivity contribution in [2.45, 2.75) is 32.7 Å². The molecule has 5 rings (SSSR count). The number of benzene rings is 1. The Labute approximate surface area is 189 Å².